The van der Waals surface area contributed by atoms with Gasteiger partial charge in [0.2, 0.25) is 0 Å². The standard InChI is InChI=1S/C20H25N3O3/c1-26-19-11-5-16(6-12-19)20(22-13-3-2-4-14-22)15-21-17-7-9-18(10-8-17)23(24)25/h5-12,20-21H,2-4,13-15H2,1H3. The first kappa shape index (κ1) is 18.2. The summed E-state index contributed by atoms with van der Waals surface area (Å²) in [5.74, 6) is 0.856. The van der Waals surface area contributed by atoms with Crippen molar-refractivity contribution in [3.8, 4) is 5.75 Å². The van der Waals surface area contributed by atoms with Crippen molar-refractivity contribution in [3.05, 3.63) is 64.2 Å². The third-order valence-corrected chi connectivity index (χ3v) is 4.91. The first-order valence-corrected chi connectivity index (χ1v) is 9.03. The van der Waals surface area contributed by atoms with Crippen LogP contribution in [0.15, 0.2) is 48.5 Å². The molecular formula is C20H25N3O3. The zero-order valence-electron chi connectivity index (χ0n) is 15.1. The number of nitro groups is 1. The number of likely N-dealkylation sites (tertiary alicyclic amines) is 1. The van der Waals surface area contributed by atoms with Crippen LogP contribution in [-0.4, -0.2) is 36.6 Å². The van der Waals surface area contributed by atoms with Crippen LogP contribution in [0, 0.1) is 10.1 Å². The van der Waals surface area contributed by atoms with Gasteiger partial charge in [-0.1, -0.05) is 18.6 Å². The highest BCUT2D eigenvalue weighted by molar-refractivity contribution is 5.48. The van der Waals surface area contributed by atoms with Crippen LogP contribution < -0.4 is 10.1 Å². The number of methoxy groups -OCH3 is 1. The van der Waals surface area contributed by atoms with Crippen molar-refractivity contribution in [1.29, 1.82) is 0 Å². The van der Waals surface area contributed by atoms with Crippen molar-refractivity contribution in [3.63, 3.8) is 0 Å². The van der Waals surface area contributed by atoms with E-state index in [2.05, 4.69) is 22.3 Å². The van der Waals surface area contributed by atoms with Crippen LogP contribution in [0.25, 0.3) is 0 Å². The summed E-state index contributed by atoms with van der Waals surface area (Å²) in [4.78, 5) is 12.9. The van der Waals surface area contributed by atoms with E-state index >= 15 is 0 Å². The fourth-order valence-corrected chi connectivity index (χ4v) is 3.43. The summed E-state index contributed by atoms with van der Waals surface area (Å²) in [5, 5.41) is 14.2. The number of ether oxygens (including phenoxy) is 1. The maximum absolute atomic E-state index is 10.8. The van der Waals surface area contributed by atoms with Crippen LogP contribution in [0.5, 0.6) is 5.75 Å². The van der Waals surface area contributed by atoms with Crippen LogP contribution in [0.1, 0.15) is 30.9 Å². The van der Waals surface area contributed by atoms with Crippen LogP contribution in [0.4, 0.5) is 11.4 Å². The van der Waals surface area contributed by atoms with Gasteiger partial charge >= 0.3 is 0 Å². The van der Waals surface area contributed by atoms with Gasteiger partial charge in [0.1, 0.15) is 5.75 Å². The maximum atomic E-state index is 10.8. The lowest BCUT2D eigenvalue weighted by molar-refractivity contribution is -0.384. The third-order valence-electron chi connectivity index (χ3n) is 4.91. The molecule has 1 fully saturated rings. The van der Waals surface area contributed by atoms with Crippen molar-refractivity contribution in [1.82, 2.24) is 4.90 Å². The van der Waals surface area contributed by atoms with Gasteiger partial charge in [-0.25, -0.2) is 0 Å². The van der Waals surface area contributed by atoms with E-state index in [0.717, 1.165) is 31.1 Å². The zero-order chi connectivity index (χ0) is 18.4. The third kappa shape index (κ3) is 4.52. The molecule has 1 N–H and O–H groups in total. The van der Waals surface area contributed by atoms with Crippen molar-refractivity contribution >= 4 is 11.4 Å². The van der Waals surface area contributed by atoms with Crippen molar-refractivity contribution in [2.75, 3.05) is 32.1 Å². The number of nitro benzene ring substituents is 1. The molecule has 0 saturated carbocycles. The van der Waals surface area contributed by atoms with Gasteiger partial charge in [0, 0.05) is 24.4 Å². The Morgan fingerprint density at radius 1 is 1.08 bits per heavy atom. The molecule has 1 unspecified atom stereocenters. The Balaban J connectivity index is 1.73. The molecule has 26 heavy (non-hydrogen) atoms. The van der Waals surface area contributed by atoms with E-state index < -0.39 is 0 Å². The molecular weight excluding hydrogens is 330 g/mol. The number of hydrogen-bond acceptors (Lipinski definition) is 5. The fourth-order valence-electron chi connectivity index (χ4n) is 3.43. The highest BCUT2D eigenvalue weighted by Crippen LogP contribution is 2.27. The lowest BCUT2D eigenvalue weighted by Crippen LogP contribution is -2.37. The minimum Gasteiger partial charge on any atom is -0.497 e. The number of piperidine rings is 1. The van der Waals surface area contributed by atoms with E-state index in [-0.39, 0.29) is 16.7 Å². The molecule has 1 aliphatic rings. The van der Waals surface area contributed by atoms with Gasteiger partial charge in [0.25, 0.3) is 5.69 Å². The second-order valence-corrected chi connectivity index (χ2v) is 6.57. The number of hydrogen-bond donors (Lipinski definition) is 1. The van der Waals surface area contributed by atoms with Crippen molar-refractivity contribution < 1.29 is 9.66 Å². The summed E-state index contributed by atoms with van der Waals surface area (Å²) >= 11 is 0. The van der Waals surface area contributed by atoms with E-state index in [1.165, 1.54) is 37.0 Å². The normalized spacial score (nSPS) is 16.0. The second kappa shape index (κ2) is 8.67. The van der Waals surface area contributed by atoms with Gasteiger partial charge in [-0.05, 0) is 55.8 Å². The van der Waals surface area contributed by atoms with Crippen molar-refractivity contribution in [2.45, 2.75) is 25.3 Å². The smallest absolute Gasteiger partial charge is 0.269 e. The van der Waals surface area contributed by atoms with Crippen LogP contribution in [0.2, 0.25) is 0 Å². The first-order valence-electron chi connectivity index (χ1n) is 9.03. The Morgan fingerprint density at radius 2 is 1.73 bits per heavy atom. The van der Waals surface area contributed by atoms with E-state index in [1.54, 1.807) is 19.2 Å². The summed E-state index contributed by atoms with van der Waals surface area (Å²) in [6, 6.07) is 15.1. The second-order valence-electron chi connectivity index (χ2n) is 6.57. The molecule has 6 heteroatoms. The number of nitrogens with zero attached hydrogens (tertiary/aromatic N) is 2. The molecule has 0 spiro atoms. The molecule has 0 aromatic heterocycles. The zero-order valence-corrected chi connectivity index (χ0v) is 15.1. The maximum Gasteiger partial charge on any atom is 0.269 e. The van der Waals surface area contributed by atoms with Gasteiger partial charge in [-0.15, -0.1) is 0 Å². The number of anilines is 1. The molecule has 2 aromatic rings. The van der Waals surface area contributed by atoms with E-state index in [0.29, 0.717) is 0 Å². The SMILES string of the molecule is COc1ccc(C(CNc2ccc([N+](=O)[O-])cc2)N2CCCCC2)cc1. The molecule has 0 amide bonds. The Hall–Kier alpha value is -2.60. The number of non-ortho nitro benzene ring substituents is 1. The summed E-state index contributed by atoms with van der Waals surface area (Å²) in [7, 11) is 1.67. The van der Waals surface area contributed by atoms with Crippen molar-refractivity contribution in [2.24, 2.45) is 0 Å². The average Bonchev–Trinajstić information content (AvgIpc) is 2.70. The van der Waals surface area contributed by atoms with Crippen LogP contribution in [-0.2, 0) is 0 Å². The molecule has 0 bridgehead atoms. The Kier molecular flexibility index (Phi) is 6.07. The molecule has 3 rings (SSSR count). The van der Waals surface area contributed by atoms with E-state index in [4.69, 9.17) is 4.74 Å². The van der Waals surface area contributed by atoms with Gasteiger partial charge in [-0.2, -0.15) is 0 Å². The molecule has 1 saturated heterocycles. The molecule has 1 heterocycles. The molecule has 138 valence electrons. The minimum absolute atomic E-state index is 0.110. The molecule has 0 radical (unpaired) electrons. The van der Waals surface area contributed by atoms with Gasteiger partial charge in [-0.3, -0.25) is 15.0 Å². The minimum atomic E-state index is -0.377. The van der Waals surface area contributed by atoms with Gasteiger partial charge < -0.3 is 10.1 Å². The van der Waals surface area contributed by atoms with E-state index in [1.807, 2.05) is 12.1 Å². The number of nitrogens with one attached hydrogen (secondary N) is 1. The molecule has 6 nitrogen and oxygen atoms in total. The highest BCUT2D eigenvalue weighted by atomic mass is 16.6. The Labute approximate surface area is 153 Å². The van der Waals surface area contributed by atoms with Crippen LogP contribution >= 0.6 is 0 Å². The predicted octanol–water partition coefficient (Wildman–Crippen LogP) is 4.24. The Bertz CT molecular complexity index is 710. The van der Waals surface area contributed by atoms with E-state index in [9.17, 15) is 10.1 Å². The summed E-state index contributed by atoms with van der Waals surface area (Å²) in [6.45, 7) is 2.95. The molecule has 2 aromatic carbocycles. The number of rotatable bonds is 7. The quantitative estimate of drug-likeness (QED) is 0.594. The largest absolute Gasteiger partial charge is 0.497 e. The Morgan fingerprint density at radius 3 is 2.31 bits per heavy atom. The highest BCUT2D eigenvalue weighted by Gasteiger charge is 2.22. The van der Waals surface area contributed by atoms with Gasteiger partial charge in [0.15, 0.2) is 0 Å². The predicted molar refractivity (Wildman–Crippen MR) is 103 cm³/mol. The van der Waals surface area contributed by atoms with Gasteiger partial charge in [0.05, 0.1) is 18.1 Å². The number of benzene rings is 2. The molecule has 1 atom stereocenters. The fraction of sp³-hybridized carbons (Fsp3) is 0.400. The first-order chi connectivity index (χ1) is 12.7. The monoisotopic (exact) mass is 355 g/mol. The van der Waals surface area contributed by atoms with Crippen LogP contribution in [0.3, 0.4) is 0 Å². The summed E-state index contributed by atoms with van der Waals surface area (Å²) in [6.07, 6.45) is 3.75. The average molecular weight is 355 g/mol. The summed E-state index contributed by atoms with van der Waals surface area (Å²) in [5.41, 5.74) is 2.26. The molecule has 1 aliphatic heterocycles. The topological polar surface area (TPSA) is 67.6 Å². The summed E-state index contributed by atoms with van der Waals surface area (Å²) < 4.78 is 5.27. The lowest BCUT2D eigenvalue weighted by Gasteiger charge is -2.35. The molecule has 0 aliphatic carbocycles. The lowest BCUT2D eigenvalue weighted by atomic mass is 10.0.